The summed E-state index contributed by atoms with van der Waals surface area (Å²) in [5, 5.41) is 3.10. The Morgan fingerprint density at radius 3 is 2.67 bits per heavy atom. The third-order valence-electron chi connectivity index (χ3n) is 2.01. The fourth-order valence-electron chi connectivity index (χ4n) is 1.25. The summed E-state index contributed by atoms with van der Waals surface area (Å²) in [6.07, 6.45) is 0. The van der Waals surface area contributed by atoms with Crippen molar-refractivity contribution >= 4 is 24.8 Å². The summed E-state index contributed by atoms with van der Waals surface area (Å²) in [6.45, 7) is 1.99. The van der Waals surface area contributed by atoms with E-state index >= 15 is 0 Å². The Kier molecular flexibility index (Phi) is 2.53. The molecule has 62 valence electrons. The molecule has 0 aromatic heterocycles. The van der Waals surface area contributed by atoms with Crippen molar-refractivity contribution in [3.8, 4) is 0 Å². The summed E-state index contributed by atoms with van der Waals surface area (Å²) < 4.78 is 0. The molecule has 0 unspecified atom stereocenters. The molecule has 0 radical (unpaired) electrons. The normalized spacial score (nSPS) is 9.42. The van der Waals surface area contributed by atoms with Crippen molar-refractivity contribution < 1.29 is 0 Å². The van der Waals surface area contributed by atoms with Crippen LogP contribution in [0.25, 0.3) is 0 Å². The first-order valence-corrected chi connectivity index (χ1v) is 3.90. The molecule has 2 nitrogen and oxygen atoms in total. The molecular weight excluding hydrogens is 147 g/mol. The molecule has 3 N–H and O–H groups in total. The number of benzene rings is 1. The van der Waals surface area contributed by atoms with Crippen molar-refractivity contribution in [2.75, 3.05) is 18.1 Å². The molecule has 0 amide bonds. The third kappa shape index (κ3) is 1.35. The minimum atomic E-state index is 0.810. The van der Waals surface area contributed by atoms with Crippen LogP contribution in [0, 0.1) is 6.92 Å². The second-order valence-corrected chi connectivity index (χ2v) is 2.70. The molecule has 12 heavy (non-hydrogen) atoms. The van der Waals surface area contributed by atoms with Gasteiger partial charge in [0, 0.05) is 0 Å². The summed E-state index contributed by atoms with van der Waals surface area (Å²) >= 11 is 0. The van der Waals surface area contributed by atoms with Crippen molar-refractivity contribution in [2.24, 2.45) is 0 Å². The van der Waals surface area contributed by atoms with Crippen LogP contribution in [0.3, 0.4) is 0 Å². The topological polar surface area (TPSA) is 38.0 Å². The molecule has 0 aliphatic rings. The van der Waals surface area contributed by atoms with Gasteiger partial charge in [0.15, 0.2) is 0 Å². The van der Waals surface area contributed by atoms with E-state index in [4.69, 9.17) is 5.73 Å². The van der Waals surface area contributed by atoms with E-state index in [-0.39, 0.29) is 0 Å². The number of nitrogen functional groups attached to an aromatic ring is 1. The molecule has 0 heterocycles. The van der Waals surface area contributed by atoms with Crippen LogP contribution in [0.2, 0.25) is 0 Å². The Morgan fingerprint density at radius 1 is 1.50 bits per heavy atom. The van der Waals surface area contributed by atoms with E-state index in [1.54, 1.807) is 0 Å². The van der Waals surface area contributed by atoms with Gasteiger partial charge >= 0.3 is 73.1 Å². The summed E-state index contributed by atoms with van der Waals surface area (Å²) in [4.78, 5) is 0. The first kappa shape index (κ1) is 8.85. The fourth-order valence-corrected chi connectivity index (χ4v) is 1.25. The van der Waals surface area contributed by atoms with Crippen LogP contribution in [0.1, 0.15) is 11.1 Å². The van der Waals surface area contributed by atoms with Gasteiger partial charge in [0.05, 0.1) is 0 Å². The van der Waals surface area contributed by atoms with Crippen LogP contribution in [-0.2, 0) is 0 Å². The number of anilines is 2. The Balaban J connectivity index is 3.35. The molecule has 3 heteroatoms. The molecule has 1 aromatic rings. The molecule has 1 rings (SSSR count). The zero-order chi connectivity index (χ0) is 9.14. The van der Waals surface area contributed by atoms with Gasteiger partial charge in [-0.25, -0.2) is 0 Å². The monoisotopic (exact) mass is 160 g/mol. The molecule has 0 saturated carbocycles. The SMILES string of the molecule is B=Cc1ccc(N)c(C)c1NC. The molecule has 0 spiro atoms. The van der Waals surface area contributed by atoms with Crippen molar-refractivity contribution in [1.29, 1.82) is 0 Å². The zero-order valence-electron chi connectivity index (χ0n) is 7.52. The van der Waals surface area contributed by atoms with Crippen LogP contribution in [0.5, 0.6) is 0 Å². The summed E-state index contributed by atoms with van der Waals surface area (Å²) in [6, 6.07) is 3.86. The minimum absolute atomic E-state index is 0.810. The molecule has 1 aromatic carbocycles. The van der Waals surface area contributed by atoms with E-state index in [0.29, 0.717) is 0 Å². The second-order valence-electron chi connectivity index (χ2n) is 2.70. The average Bonchev–Trinajstić information content (AvgIpc) is 2.09. The van der Waals surface area contributed by atoms with Gasteiger partial charge in [-0.1, -0.05) is 0 Å². The molecule has 0 aliphatic carbocycles. The van der Waals surface area contributed by atoms with Gasteiger partial charge in [0.2, 0.25) is 0 Å². The number of nitrogens with one attached hydrogen (secondary N) is 1. The van der Waals surface area contributed by atoms with Gasteiger partial charge in [-0.3, -0.25) is 0 Å². The van der Waals surface area contributed by atoms with Crippen molar-refractivity contribution in [2.45, 2.75) is 6.92 Å². The predicted molar refractivity (Wildman–Crippen MR) is 57.5 cm³/mol. The third-order valence-corrected chi connectivity index (χ3v) is 2.01. The van der Waals surface area contributed by atoms with E-state index in [0.717, 1.165) is 22.5 Å². The molecule has 0 fully saturated rings. The Hall–Kier alpha value is -1.25. The average molecular weight is 160 g/mol. The van der Waals surface area contributed by atoms with Gasteiger partial charge in [0.1, 0.15) is 0 Å². The Labute approximate surface area is 73.9 Å². The van der Waals surface area contributed by atoms with Gasteiger partial charge in [0.25, 0.3) is 0 Å². The van der Waals surface area contributed by atoms with Crippen LogP contribution in [0.4, 0.5) is 11.4 Å². The van der Waals surface area contributed by atoms with Gasteiger partial charge in [-0.15, -0.1) is 0 Å². The Bertz CT molecular complexity index is 308. The number of nitrogens with two attached hydrogens (primary N) is 1. The van der Waals surface area contributed by atoms with Crippen molar-refractivity contribution in [1.82, 2.24) is 0 Å². The summed E-state index contributed by atoms with van der Waals surface area (Å²) in [5.74, 6) is 1.82. The fraction of sp³-hybridized carbons (Fsp3) is 0.222. The molecule has 0 atom stereocenters. The molecule has 0 saturated heterocycles. The summed E-state index contributed by atoms with van der Waals surface area (Å²) in [5.41, 5.74) is 9.78. The van der Waals surface area contributed by atoms with Gasteiger partial charge < -0.3 is 0 Å². The van der Waals surface area contributed by atoms with E-state index in [9.17, 15) is 0 Å². The first-order valence-electron chi connectivity index (χ1n) is 3.90. The van der Waals surface area contributed by atoms with E-state index in [2.05, 4.69) is 12.8 Å². The summed E-state index contributed by atoms with van der Waals surface area (Å²) in [7, 11) is 5.61. The number of hydrogen-bond donors (Lipinski definition) is 2. The first-order chi connectivity index (χ1) is 5.70. The molecule has 0 bridgehead atoms. The van der Waals surface area contributed by atoms with Crippen molar-refractivity contribution in [3.05, 3.63) is 23.3 Å². The van der Waals surface area contributed by atoms with Crippen LogP contribution in [-0.4, -0.2) is 20.5 Å². The van der Waals surface area contributed by atoms with Crippen LogP contribution < -0.4 is 11.1 Å². The maximum atomic E-state index is 5.75. The maximum absolute atomic E-state index is 5.75. The van der Waals surface area contributed by atoms with Crippen LogP contribution >= 0.6 is 0 Å². The van der Waals surface area contributed by atoms with E-state index in [1.165, 1.54) is 0 Å². The van der Waals surface area contributed by atoms with Gasteiger partial charge in [-0.05, 0) is 0 Å². The quantitative estimate of drug-likeness (QED) is 0.492. The second kappa shape index (κ2) is 3.43. The Morgan fingerprint density at radius 2 is 2.17 bits per heavy atom. The molecule has 0 aliphatic heterocycles. The van der Waals surface area contributed by atoms with E-state index < -0.39 is 0 Å². The van der Waals surface area contributed by atoms with Crippen molar-refractivity contribution in [3.63, 3.8) is 0 Å². The standard InChI is InChI=1S/C9H13BN2/c1-6-8(11)4-3-7(5-10)9(6)12-2/h3-5,10,12H,11H2,1-2H3. The molecular formula is C9H13BN2. The van der Waals surface area contributed by atoms with Crippen LogP contribution in [0.15, 0.2) is 12.1 Å². The predicted octanol–water partition coefficient (Wildman–Crippen LogP) is 0.670. The number of hydrogen-bond acceptors (Lipinski definition) is 2. The van der Waals surface area contributed by atoms with E-state index in [1.807, 2.05) is 32.1 Å². The van der Waals surface area contributed by atoms with Gasteiger partial charge in [-0.2, -0.15) is 0 Å². The zero-order valence-corrected chi connectivity index (χ0v) is 7.52. The number of rotatable bonds is 2.